The fraction of sp³-hybridized carbons (Fsp3) is 0.316. The predicted octanol–water partition coefficient (Wildman–Crippen LogP) is 2.25. The Morgan fingerprint density at radius 1 is 1.07 bits per heavy atom. The van der Waals surface area contributed by atoms with Crippen molar-refractivity contribution in [2.45, 2.75) is 37.8 Å². The summed E-state index contributed by atoms with van der Waals surface area (Å²) in [6.45, 7) is 0. The lowest BCUT2D eigenvalue weighted by atomic mass is 9.92. The molecule has 0 aliphatic heterocycles. The van der Waals surface area contributed by atoms with Crippen molar-refractivity contribution in [3.05, 3.63) is 48.0 Å². The van der Waals surface area contributed by atoms with Crippen molar-refractivity contribution in [2.75, 3.05) is 10.6 Å². The van der Waals surface area contributed by atoms with Gasteiger partial charge in [0.25, 0.3) is 0 Å². The molecule has 8 nitrogen and oxygen atoms in total. The number of fused-ring (bicyclic) bond motifs is 1. The van der Waals surface area contributed by atoms with Crippen molar-refractivity contribution in [2.24, 2.45) is 11.5 Å². The molecule has 6 N–H and O–H groups in total. The van der Waals surface area contributed by atoms with Crippen LogP contribution in [0.3, 0.4) is 0 Å². The molecule has 0 unspecified atom stereocenters. The lowest BCUT2D eigenvalue weighted by Crippen LogP contribution is -2.33. The van der Waals surface area contributed by atoms with Crippen LogP contribution in [0.4, 0.5) is 17.5 Å². The Morgan fingerprint density at radius 2 is 1.81 bits per heavy atom. The van der Waals surface area contributed by atoms with Crippen LogP contribution in [0.2, 0.25) is 0 Å². The van der Waals surface area contributed by atoms with Gasteiger partial charge in [-0.1, -0.05) is 6.07 Å². The van der Waals surface area contributed by atoms with Gasteiger partial charge in [-0.15, -0.1) is 5.10 Å². The van der Waals surface area contributed by atoms with Crippen LogP contribution in [0.15, 0.2) is 42.5 Å². The third-order valence-electron chi connectivity index (χ3n) is 4.91. The van der Waals surface area contributed by atoms with Crippen molar-refractivity contribution < 1.29 is 4.79 Å². The summed E-state index contributed by atoms with van der Waals surface area (Å²) in [7, 11) is 0. The zero-order valence-corrected chi connectivity index (χ0v) is 14.9. The molecule has 0 bridgehead atoms. The minimum Gasteiger partial charge on any atom is -0.367 e. The standard InChI is InChI=1S/C19H23N7O/c20-13-6-10-14(11-7-13)22-16-2-1-3-17-24-19(25-26(16)17)23-15-8-4-12(5-9-15)18(21)27/h1-5,8-9,13-14,22H,6-7,10-11,20H2,(H2,21,27)(H,23,25)/t13-,14+. The van der Waals surface area contributed by atoms with Crippen LogP contribution in [0.5, 0.6) is 0 Å². The van der Waals surface area contributed by atoms with Gasteiger partial charge in [0.05, 0.1) is 0 Å². The monoisotopic (exact) mass is 365 g/mol. The van der Waals surface area contributed by atoms with Gasteiger partial charge in [-0.25, -0.2) is 0 Å². The van der Waals surface area contributed by atoms with E-state index in [1.807, 2.05) is 18.2 Å². The summed E-state index contributed by atoms with van der Waals surface area (Å²) < 4.78 is 1.80. The quantitative estimate of drug-likeness (QED) is 0.550. The van der Waals surface area contributed by atoms with Gasteiger partial charge in [0, 0.05) is 23.3 Å². The molecule has 1 fully saturated rings. The number of benzene rings is 1. The maximum Gasteiger partial charge on any atom is 0.248 e. The highest BCUT2D eigenvalue weighted by molar-refractivity contribution is 5.93. The SMILES string of the molecule is NC(=O)c1ccc(Nc2nc3cccc(N[C@H]4CC[C@@H](N)CC4)n3n2)cc1. The molecule has 0 radical (unpaired) electrons. The Bertz CT molecular complexity index is 942. The maximum absolute atomic E-state index is 11.2. The maximum atomic E-state index is 11.2. The number of hydrogen-bond donors (Lipinski definition) is 4. The Balaban J connectivity index is 1.52. The van der Waals surface area contributed by atoms with E-state index in [1.165, 1.54) is 0 Å². The van der Waals surface area contributed by atoms with E-state index in [0.717, 1.165) is 42.8 Å². The third-order valence-corrected chi connectivity index (χ3v) is 4.91. The Morgan fingerprint density at radius 3 is 2.52 bits per heavy atom. The topological polar surface area (TPSA) is 123 Å². The van der Waals surface area contributed by atoms with Gasteiger partial charge in [-0.2, -0.15) is 9.50 Å². The normalized spacial score (nSPS) is 19.7. The van der Waals surface area contributed by atoms with E-state index in [9.17, 15) is 4.79 Å². The summed E-state index contributed by atoms with van der Waals surface area (Å²) in [5.74, 6) is 0.950. The lowest BCUT2D eigenvalue weighted by Gasteiger charge is -2.27. The molecule has 2 heterocycles. The van der Waals surface area contributed by atoms with Gasteiger partial charge < -0.3 is 22.1 Å². The number of rotatable bonds is 5. The first-order chi connectivity index (χ1) is 13.1. The molecule has 1 amide bonds. The minimum atomic E-state index is -0.452. The molecule has 140 valence electrons. The van der Waals surface area contributed by atoms with E-state index in [4.69, 9.17) is 11.5 Å². The Hall–Kier alpha value is -3.13. The summed E-state index contributed by atoms with van der Waals surface area (Å²) >= 11 is 0. The molecule has 1 aromatic carbocycles. The van der Waals surface area contributed by atoms with Gasteiger partial charge in [-0.3, -0.25) is 4.79 Å². The van der Waals surface area contributed by atoms with Crippen LogP contribution in [-0.2, 0) is 0 Å². The van der Waals surface area contributed by atoms with Crippen molar-refractivity contribution >= 4 is 29.0 Å². The molecule has 0 saturated heterocycles. The van der Waals surface area contributed by atoms with Gasteiger partial charge >= 0.3 is 0 Å². The number of hydrogen-bond acceptors (Lipinski definition) is 6. The van der Waals surface area contributed by atoms with Crippen LogP contribution in [0.25, 0.3) is 5.65 Å². The number of carbonyl (C=O) groups is 1. The zero-order chi connectivity index (χ0) is 18.8. The molecule has 1 aliphatic carbocycles. The molecule has 8 heteroatoms. The average molecular weight is 365 g/mol. The molecule has 0 spiro atoms. The predicted molar refractivity (Wildman–Crippen MR) is 105 cm³/mol. The summed E-state index contributed by atoms with van der Waals surface area (Å²) in [6, 6.07) is 13.5. The van der Waals surface area contributed by atoms with Crippen LogP contribution in [0, 0.1) is 0 Å². The number of aromatic nitrogens is 3. The summed E-state index contributed by atoms with van der Waals surface area (Å²) in [4.78, 5) is 15.7. The molecule has 27 heavy (non-hydrogen) atoms. The van der Waals surface area contributed by atoms with Crippen LogP contribution in [-0.4, -0.2) is 32.6 Å². The van der Waals surface area contributed by atoms with Crippen molar-refractivity contribution in [3.63, 3.8) is 0 Å². The van der Waals surface area contributed by atoms with Crippen molar-refractivity contribution in [3.8, 4) is 0 Å². The van der Waals surface area contributed by atoms with Crippen LogP contribution >= 0.6 is 0 Å². The number of amides is 1. The molecule has 3 aromatic rings. The van der Waals surface area contributed by atoms with Gasteiger partial charge in [0.1, 0.15) is 5.82 Å². The third kappa shape index (κ3) is 3.85. The fourth-order valence-electron chi connectivity index (χ4n) is 3.39. The van der Waals surface area contributed by atoms with Crippen molar-refractivity contribution in [1.29, 1.82) is 0 Å². The minimum absolute atomic E-state index is 0.321. The molecule has 1 saturated carbocycles. The zero-order valence-electron chi connectivity index (χ0n) is 14.9. The van der Waals surface area contributed by atoms with E-state index in [2.05, 4.69) is 20.7 Å². The first kappa shape index (κ1) is 17.3. The Kier molecular flexibility index (Phi) is 4.64. The number of primary amides is 1. The van der Waals surface area contributed by atoms with E-state index in [1.54, 1.807) is 28.8 Å². The smallest absolute Gasteiger partial charge is 0.248 e. The highest BCUT2D eigenvalue weighted by Gasteiger charge is 2.19. The van der Waals surface area contributed by atoms with Gasteiger partial charge in [0.2, 0.25) is 11.9 Å². The average Bonchev–Trinajstić information content (AvgIpc) is 3.07. The number of nitrogens with one attached hydrogen (secondary N) is 2. The number of nitrogens with two attached hydrogens (primary N) is 2. The number of nitrogens with zero attached hydrogens (tertiary/aromatic N) is 3. The fourth-order valence-corrected chi connectivity index (χ4v) is 3.39. The molecule has 2 aromatic heterocycles. The summed E-state index contributed by atoms with van der Waals surface area (Å²) in [6.07, 6.45) is 4.20. The highest BCUT2D eigenvalue weighted by Crippen LogP contribution is 2.22. The molecule has 0 atom stereocenters. The molecular weight excluding hydrogens is 342 g/mol. The van der Waals surface area contributed by atoms with E-state index < -0.39 is 5.91 Å². The summed E-state index contributed by atoms with van der Waals surface area (Å²) in [5.41, 5.74) is 13.3. The van der Waals surface area contributed by atoms with E-state index in [0.29, 0.717) is 23.6 Å². The number of pyridine rings is 1. The van der Waals surface area contributed by atoms with E-state index in [-0.39, 0.29) is 0 Å². The lowest BCUT2D eigenvalue weighted by molar-refractivity contribution is 0.100. The molecular formula is C19H23N7O. The largest absolute Gasteiger partial charge is 0.367 e. The van der Waals surface area contributed by atoms with Gasteiger partial charge in [-0.05, 0) is 62.1 Å². The second kappa shape index (κ2) is 7.24. The molecule has 4 rings (SSSR count). The second-order valence-corrected chi connectivity index (χ2v) is 6.94. The van der Waals surface area contributed by atoms with Crippen LogP contribution < -0.4 is 22.1 Å². The number of anilines is 3. The molecule has 1 aliphatic rings. The van der Waals surface area contributed by atoms with Crippen molar-refractivity contribution in [1.82, 2.24) is 14.6 Å². The number of carbonyl (C=O) groups excluding carboxylic acids is 1. The second-order valence-electron chi connectivity index (χ2n) is 6.94. The van der Waals surface area contributed by atoms with Gasteiger partial charge in [0.15, 0.2) is 5.65 Å². The summed E-state index contributed by atoms with van der Waals surface area (Å²) in [5, 5.41) is 11.3. The van der Waals surface area contributed by atoms with Crippen LogP contribution in [0.1, 0.15) is 36.0 Å². The first-order valence-corrected chi connectivity index (χ1v) is 9.13. The highest BCUT2D eigenvalue weighted by atomic mass is 16.1. The first-order valence-electron chi connectivity index (χ1n) is 9.13. The van der Waals surface area contributed by atoms with E-state index >= 15 is 0 Å². The Labute approximate surface area is 157 Å².